The number of hydrogen-bond donors (Lipinski definition) is 1. The summed E-state index contributed by atoms with van der Waals surface area (Å²) in [5, 5.41) is 6.50. The molecule has 0 saturated heterocycles. The summed E-state index contributed by atoms with van der Waals surface area (Å²) in [5.74, 6) is -0.156. The number of aromatic nitrogens is 2. The number of carbonyl (C=O) groups excluding carboxylic acids is 1. The Morgan fingerprint density at radius 2 is 2.23 bits per heavy atom. The summed E-state index contributed by atoms with van der Waals surface area (Å²) in [7, 11) is 0. The summed E-state index contributed by atoms with van der Waals surface area (Å²) in [5.41, 5.74) is 0.285. The molecule has 0 fully saturated rings. The molecule has 0 bridgehead atoms. The lowest BCUT2D eigenvalue weighted by Gasteiger charge is -2.16. The number of rotatable bonds is 7. The molecule has 0 aliphatic heterocycles. The largest absolute Gasteiger partial charge is 0.381 e. The quantitative estimate of drug-likeness (QED) is 0.793. The Morgan fingerprint density at radius 1 is 1.45 bits per heavy atom. The van der Waals surface area contributed by atoms with Crippen molar-refractivity contribution < 1.29 is 18.4 Å². The van der Waals surface area contributed by atoms with Gasteiger partial charge in [-0.1, -0.05) is 23.4 Å². The predicted octanol–water partition coefficient (Wildman–Crippen LogP) is 2.15. The molecular formula is C15H18FN3O3. The molecule has 0 radical (unpaired) electrons. The Morgan fingerprint density at radius 3 is 2.86 bits per heavy atom. The number of ether oxygens (including phenoxy) is 1. The average Bonchev–Trinajstić information content (AvgIpc) is 2.92. The summed E-state index contributed by atoms with van der Waals surface area (Å²) in [4.78, 5) is 16.1. The second-order valence-corrected chi connectivity index (χ2v) is 4.64. The van der Waals surface area contributed by atoms with Gasteiger partial charge in [0.05, 0.1) is 6.61 Å². The number of carbonyl (C=O) groups is 1. The fourth-order valence-corrected chi connectivity index (χ4v) is 1.97. The Hall–Kier alpha value is -2.28. The molecule has 0 saturated carbocycles. The van der Waals surface area contributed by atoms with E-state index in [1.165, 1.54) is 6.07 Å². The molecule has 2 rings (SSSR count). The second kappa shape index (κ2) is 7.65. The van der Waals surface area contributed by atoms with E-state index in [9.17, 15) is 9.18 Å². The minimum absolute atomic E-state index is 0.176. The summed E-state index contributed by atoms with van der Waals surface area (Å²) < 4.78 is 24.1. The van der Waals surface area contributed by atoms with E-state index in [-0.39, 0.29) is 23.7 Å². The molecule has 1 atom stereocenters. The fraction of sp³-hybridized carbons (Fsp3) is 0.400. The molecule has 6 nitrogen and oxygen atoms in total. The first-order valence-electron chi connectivity index (χ1n) is 7.03. The van der Waals surface area contributed by atoms with Gasteiger partial charge in [0.1, 0.15) is 11.9 Å². The first-order chi connectivity index (χ1) is 10.6. The van der Waals surface area contributed by atoms with Gasteiger partial charge in [0.2, 0.25) is 11.8 Å². The minimum atomic E-state index is -0.798. The van der Waals surface area contributed by atoms with E-state index in [4.69, 9.17) is 9.26 Å². The van der Waals surface area contributed by atoms with Crippen LogP contribution in [0.3, 0.4) is 0 Å². The maximum Gasteiger partial charge on any atom is 0.223 e. The Kier molecular flexibility index (Phi) is 5.60. The SMILES string of the molecule is CCOCCC(=O)N[C@H](c1noc(C)n1)c1ccccc1F. The fourth-order valence-electron chi connectivity index (χ4n) is 1.97. The number of amides is 1. The molecule has 1 aromatic carbocycles. The molecule has 0 aliphatic rings. The van der Waals surface area contributed by atoms with E-state index in [1.807, 2.05) is 6.92 Å². The molecule has 7 heteroatoms. The summed E-state index contributed by atoms with van der Waals surface area (Å²) in [6.07, 6.45) is 0.176. The van der Waals surface area contributed by atoms with Crippen LogP contribution in [0.2, 0.25) is 0 Å². The van der Waals surface area contributed by atoms with Gasteiger partial charge in [-0.2, -0.15) is 4.98 Å². The first kappa shape index (κ1) is 16.1. The van der Waals surface area contributed by atoms with Crippen molar-refractivity contribution in [3.63, 3.8) is 0 Å². The van der Waals surface area contributed by atoms with Crippen LogP contribution in [0.5, 0.6) is 0 Å². The van der Waals surface area contributed by atoms with Crippen LogP contribution in [-0.4, -0.2) is 29.3 Å². The van der Waals surface area contributed by atoms with Crippen LogP contribution >= 0.6 is 0 Å². The van der Waals surface area contributed by atoms with Gasteiger partial charge < -0.3 is 14.6 Å². The third kappa shape index (κ3) is 4.11. The molecule has 1 amide bonds. The third-order valence-corrected chi connectivity index (χ3v) is 3.00. The van der Waals surface area contributed by atoms with Crippen LogP contribution < -0.4 is 5.32 Å². The number of nitrogens with zero attached hydrogens (tertiary/aromatic N) is 2. The zero-order valence-corrected chi connectivity index (χ0v) is 12.5. The molecule has 2 aromatic rings. The van der Waals surface area contributed by atoms with Gasteiger partial charge in [-0.25, -0.2) is 4.39 Å². The molecule has 118 valence electrons. The highest BCUT2D eigenvalue weighted by Gasteiger charge is 2.24. The Balaban J connectivity index is 2.19. The second-order valence-electron chi connectivity index (χ2n) is 4.64. The molecule has 1 N–H and O–H groups in total. The van der Waals surface area contributed by atoms with Gasteiger partial charge in [-0.05, 0) is 13.0 Å². The summed E-state index contributed by atoms with van der Waals surface area (Å²) >= 11 is 0. The zero-order chi connectivity index (χ0) is 15.9. The van der Waals surface area contributed by atoms with Crippen molar-refractivity contribution in [1.29, 1.82) is 0 Å². The topological polar surface area (TPSA) is 77.2 Å². The molecular weight excluding hydrogens is 289 g/mol. The van der Waals surface area contributed by atoms with Gasteiger partial charge in [-0.3, -0.25) is 4.79 Å². The van der Waals surface area contributed by atoms with E-state index in [1.54, 1.807) is 25.1 Å². The summed E-state index contributed by atoms with van der Waals surface area (Å²) in [6, 6.07) is 5.36. The van der Waals surface area contributed by atoms with Gasteiger partial charge in [0, 0.05) is 25.5 Å². The first-order valence-corrected chi connectivity index (χ1v) is 7.03. The molecule has 1 aromatic heterocycles. The lowest BCUT2D eigenvalue weighted by atomic mass is 10.1. The average molecular weight is 307 g/mol. The van der Waals surface area contributed by atoms with Crippen molar-refractivity contribution in [2.24, 2.45) is 0 Å². The molecule has 0 spiro atoms. The monoisotopic (exact) mass is 307 g/mol. The van der Waals surface area contributed by atoms with Crippen molar-refractivity contribution in [2.45, 2.75) is 26.3 Å². The van der Waals surface area contributed by atoms with Crippen molar-refractivity contribution in [2.75, 3.05) is 13.2 Å². The molecule has 0 aliphatic carbocycles. The minimum Gasteiger partial charge on any atom is -0.381 e. The zero-order valence-electron chi connectivity index (χ0n) is 12.5. The Bertz CT molecular complexity index is 630. The standard InChI is InChI=1S/C15H18FN3O3/c1-3-21-9-8-13(20)18-14(15-17-10(2)22-19-15)11-6-4-5-7-12(11)16/h4-7,14H,3,8-9H2,1-2H3,(H,18,20)/t14-/m0/s1. The number of benzene rings is 1. The highest BCUT2D eigenvalue weighted by Crippen LogP contribution is 2.22. The number of aryl methyl sites for hydroxylation is 1. The number of nitrogens with one attached hydrogen (secondary N) is 1. The highest BCUT2D eigenvalue weighted by molar-refractivity contribution is 5.76. The van der Waals surface area contributed by atoms with Gasteiger partial charge >= 0.3 is 0 Å². The Labute approximate surface area is 127 Å². The maximum atomic E-state index is 14.0. The van der Waals surface area contributed by atoms with Crippen molar-refractivity contribution in [1.82, 2.24) is 15.5 Å². The van der Waals surface area contributed by atoms with Crippen LogP contribution in [0.15, 0.2) is 28.8 Å². The van der Waals surface area contributed by atoms with Gasteiger partial charge in [-0.15, -0.1) is 0 Å². The van der Waals surface area contributed by atoms with Gasteiger partial charge in [0.25, 0.3) is 0 Å². The van der Waals surface area contributed by atoms with Crippen LogP contribution in [0.25, 0.3) is 0 Å². The van der Waals surface area contributed by atoms with Crippen molar-refractivity contribution in [3.8, 4) is 0 Å². The van der Waals surface area contributed by atoms with Crippen LogP contribution in [0.1, 0.15) is 36.7 Å². The molecule has 22 heavy (non-hydrogen) atoms. The van der Waals surface area contributed by atoms with Crippen LogP contribution in [-0.2, 0) is 9.53 Å². The van der Waals surface area contributed by atoms with Crippen LogP contribution in [0, 0.1) is 12.7 Å². The third-order valence-electron chi connectivity index (χ3n) is 3.00. The van der Waals surface area contributed by atoms with E-state index in [0.717, 1.165) is 0 Å². The van der Waals surface area contributed by atoms with Crippen molar-refractivity contribution >= 4 is 5.91 Å². The van der Waals surface area contributed by atoms with E-state index >= 15 is 0 Å². The lowest BCUT2D eigenvalue weighted by Crippen LogP contribution is -2.31. The lowest BCUT2D eigenvalue weighted by molar-refractivity contribution is -0.122. The van der Waals surface area contributed by atoms with Gasteiger partial charge in [0.15, 0.2) is 5.82 Å². The maximum absolute atomic E-state index is 14.0. The number of halogens is 1. The van der Waals surface area contributed by atoms with E-state index in [0.29, 0.717) is 19.1 Å². The molecule has 1 heterocycles. The summed E-state index contributed by atoms with van der Waals surface area (Å²) in [6.45, 7) is 4.32. The van der Waals surface area contributed by atoms with E-state index in [2.05, 4.69) is 15.5 Å². The van der Waals surface area contributed by atoms with Crippen molar-refractivity contribution in [3.05, 3.63) is 47.4 Å². The predicted molar refractivity (Wildman–Crippen MR) is 76.5 cm³/mol. The number of hydrogen-bond acceptors (Lipinski definition) is 5. The highest BCUT2D eigenvalue weighted by atomic mass is 19.1. The smallest absolute Gasteiger partial charge is 0.223 e. The normalized spacial score (nSPS) is 12.1. The molecule has 0 unspecified atom stereocenters. The van der Waals surface area contributed by atoms with E-state index < -0.39 is 11.9 Å². The van der Waals surface area contributed by atoms with Crippen LogP contribution in [0.4, 0.5) is 4.39 Å².